The largest absolute Gasteiger partial charge is 0.393 e. The summed E-state index contributed by atoms with van der Waals surface area (Å²) in [7, 11) is 0. The Morgan fingerprint density at radius 3 is 2.60 bits per heavy atom. The van der Waals surface area contributed by atoms with Crippen molar-refractivity contribution in [2.24, 2.45) is 17.6 Å². The number of hydrogen-bond donors (Lipinski definition) is 4. The van der Waals surface area contributed by atoms with Crippen molar-refractivity contribution in [2.45, 2.75) is 69.7 Å². The molecule has 30 heavy (non-hydrogen) atoms. The van der Waals surface area contributed by atoms with E-state index in [2.05, 4.69) is 6.58 Å². The molecule has 0 saturated heterocycles. The molecule has 0 aliphatic heterocycles. The summed E-state index contributed by atoms with van der Waals surface area (Å²) in [5.74, 6) is -0.607. The Morgan fingerprint density at radius 1 is 1.20 bits per heavy atom. The highest BCUT2D eigenvalue weighted by Gasteiger charge is 2.39. The topological polar surface area (TPSA) is 104 Å². The minimum Gasteiger partial charge on any atom is -0.393 e. The Bertz CT molecular complexity index is 639. The van der Waals surface area contributed by atoms with E-state index in [-0.39, 0.29) is 17.7 Å². The second kappa shape index (κ2) is 15.1. The molecule has 0 heterocycles. The Kier molecular flexibility index (Phi) is 13.7. The van der Waals surface area contributed by atoms with Crippen LogP contribution in [0.2, 0.25) is 0 Å². The van der Waals surface area contributed by atoms with Crippen LogP contribution in [0.15, 0.2) is 45.7 Å². The van der Waals surface area contributed by atoms with Crippen LogP contribution in [0.3, 0.4) is 0 Å². The maximum atomic E-state index is 10.7. The van der Waals surface area contributed by atoms with E-state index in [1.165, 1.54) is 11.8 Å². The van der Waals surface area contributed by atoms with Crippen LogP contribution in [0, 0.1) is 11.8 Å². The fraction of sp³-hybridized carbons (Fsp3) is 0.591. The highest BCUT2D eigenvalue weighted by Crippen LogP contribution is 2.36. The predicted octanol–water partition coefficient (Wildman–Crippen LogP) is 4.56. The van der Waals surface area contributed by atoms with E-state index in [1.54, 1.807) is 6.08 Å². The molecule has 1 fully saturated rings. The second-order valence-electron chi connectivity index (χ2n) is 7.53. The normalized spacial score (nSPS) is 26.0. The van der Waals surface area contributed by atoms with Crippen LogP contribution in [0.25, 0.3) is 0 Å². The van der Waals surface area contributed by atoms with E-state index in [0.29, 0.717) is 40.8 Å². The molecule has 0 spiro atoms. The highest BCUT2D eigenvalue weighted by molar-refractivity contribution is 8.09. The van der Waals surface area contributed by atoms with E-state index in [9.17, 15) is 20.1 Å². The number of halogens is 2. The summed E-state index contributed by atoms with van der Waals surface area (Å²) < 4.78 is 0.972. The smallest absolute Gasteiger partial charge is 0.217 e. The van der Waals surface area contributed by atoms with Crippen molar-refractivity contribution in [1.82, 2.24) is 0 Å². The van der Waals surface area contributed by atoms with Crippen molar-refractivity contribution in [3.8, 4) is 0 Å². The quantitative estimate of drug-likeness (QED) is 0.217. The van der Waals surface area contributed by atoms with Gasteiger partial charge in [-0.25, -0.2) is 0 Å². The van der Waals surface area contributed by atoms with Crippen LogP contribution >= 0.6 is 35.0 Å². The molecule has 170 valence electrons. The Morgan fingerprint density at radius 2 is 1.93 bits per heavy atom. The van der Waals surface area contributed by atoms with Gasteiger partial charge in [-0.05, 0) is 44.4 Å². The lowest BCUT2D eigenvalue weighted by Gasteiger charge is -2.19. The van der Waals surface area contributed by atoms with Gasteiger partial charge in [-0.15, -0.1) is 0 Å². The minimum absolute atomic E-state index is 0.0988. The summed E-state index contributed by atoms with van der Waals surface area (Å²) in [6.07, 6.45) is 12.3. The van der Waals surface area contributed by atoms with Crippen LogP contribution in [0.5, 0.6) is 0 Å². The van der Waals surface area contributed by atoms with Gasteiger partial charge in [0, 0.05) is 18.8 Å². The van der Waals surface area contributed by atoms with Crippen LogP contribution in [0.4, 0.5) is 0 Å². The molecule has 5 atom stereocenters. The van der Waals surface area contributed by atoms with E-state index in [4.69, 9.17) is 28.9 Å². The first-order valence-corrected chi connectivity index (χ1v) is 11.8. The average molecular weight is 478 g/mol. The first-order valence-electron chi connectivity index (χ1n) is 10.2. The molecule has 1 amide bonds. The van der Waals surface area contributed by atoms with Gasteiger partial charge in [0.1, 0.15) is 0 Å². The maximum absolute atomic E-state index is 10.7. The molecule has 0 aromatic rings. The van der Waals surface area contributed by atoms with Crippen molar-refractivity contribution in [2.75, 3.05) is 0 Å². The number of carbonyl (C=O) groups excluding carboxylic acids is 1. The lowest BCUT2D eigenvalue weighted by molar-refractivity contribution is -0.118. The molecule has 1 rings (SSSR count). The minimum atomic E-state index is -0.626. The SMILES string of the molecule is C=C(Cl)S/C(Cl)=C\CCC[C@H](O)/C=C/[C@@H]1[C@@H](C/C=C\CCCC(N)=O)[C@@H](O)C[C@H]1O. The first kappa shape index (κ1) is 27.3. The molecular formula is C22H33Cl2NO4S. The van der Waals surface area contributed by atoms with Gasteiger partial charge in [-0.1, -0.05) is 71.9 Å². The number of rotatable bonds is 14. The summed E-state index contributed by atoms with van der Waals surface area (Å²) in [4.78, 5) is 10.7. The van der Waals surface area contributed by atoms with E-state index >= 15 is 0 Å². The molecular weight excluding hydrogens is 445 g/mol. The number of aliphatic hydroxyl groups is 3. The number of primary amides is 1. The second-order valence-corrected chi connectivity index (χ2v) is 9.97. The fourth-order valence-electron chi connectivity index (χ4n) is 3.51. The monoisotopic (exact) mass is 477 g/mol. The highest BCUT2D eigenvalue weighted by atomic mass is 35.5. The molecule has 8 heteroatoms. The van der Waals surface area contributed by atoms with Crippen molar-refractivity contribution in [3.63, 3.8) is 0 Å². The summed E-state index contributed by atoms with van der Waals surface area (Å²) in [6.45, 7) is 3.56. The number of carbonyl (C=O) groups is 1. The Labute approximate surface area is 193 Å². The number of unbranched alkanes of at least 4 members (excludes halogenated alkanes) is 2. The lowest BCUT2D eigenvalue weighted by Crippen LogP contribution is -2.20. The zero-order valence-corrected chi connectivity index (χ0v) is 19.5. The molecule has 1 aliphatic rings. The fourth-order valence-corrected chi connectivity index (χ4v) is 4.68. The van der Waals surface area contributed by atoms with Crippen LogP contribution in [0.1, 0.15) is 51.4 Å². The first-order chi connectivity index (χ1) is 14.2. The van der Waals surface area contributed by atoms with Gasteiger partial charge in [0.05, 0.1) is 27.0 Å². The maximum Gasteiger partial charge on any atom is 0.217 e. The standard InChI is InChI=1S/C22H33Cl2NO4S/c1-15(23)30-21(24)10-7-6-8-16(26)12-13-18-17(19(27)14-20(18)28)9-4-2-3-5-11-22(25)29/h2,4,10,12-13,16-20,26-28H,1,3,5-9,11,14H2,(H2,25,29)/b4-2-,13-12+,21-10-/t16-,17+,18+,19-,20+/m0/s1. The number of hydrogen-bond acceptors (Lipinski definition) is 5. The Hall–Kier alpha value is -0.760. The molecule has 0 unspecified atom stereocenters. The van der Waals surface area contributed by atoms with E-state index < -0.39 is 18.3 Å². The molecule has 5 nitrogen and oxygen atoms in total. The van der Waals surface area contributed by atoms with Crippen molar-refractivity contribution >= 4 is 40.9 Å². The van der Waals surface area contributed by atoms with Crippen molar-refractivity contribution < 1.29 is 20.1 Å². The average Bonchev–Trinajstić information content (AvgIpc) is 2.91. The van der Waals surface area contributed by atoms with Gasteiger partial charge in [0.15, 0.2) is 0 Å². The van der Waals surface area contributed by atoms with Gasteiger partial charge in [0.25, 0.3) is 0 Å². The summed E-state index contributed by atoms with van der Waals surface area (Å²) in [6, 6.07) is 0. The molecule has 0 bridgehead atoms. The van der Waals surface area contributed by atoms with Crippen molar-refractivity contribution in [1.29, 1.82) is 0 Å². The number of thioether (sulfide) groups is 1. The zero-order valence-electron chi connectivity index (χ0n) is 17.1. The summed E-state index contributed by atoms with van der Waals surface area (Å²) in [5.41, 5.74) is 5.12. The predicted molar refractivity (Wildman–Crippen MR) is 126 cm³/mol. The Balaban J connectivity index is 2.45. The zero-order chi connectivity index (χ0) is 22.5. The third-order valence-electron chi connectivity index (χ3n) is 5.06. The summed E-state index contributed by atoms with van der Waals surface area (Å²) >= 11 is 12.9. The van der Waals surface area contributed by atoms with Gasteiger partial charge >= 0.3 is 0 Å². The number of aliphatic hydroxyl groups excluding tert-OH is 3. The van der Waals surface area contributed by atoms with Gasteiger partial charge in [0.2, 0.25) is 5.91 Å². The third kappa shape index (κ3) is 11.6. The number of allylic oxidation sites excluding steroid dienone is 3. The van der Waals surface area contributed by atoms with E-state index in [1.807, 2.05) is 24.3 Å². The van der Waals surface area contributed by atoms with Crippen LogP contribution < -0.4 is 5.73 Å². The van der Waals surface area contributed by atoms with Gasteiger partial charge in [-0.3, -0.25) is 4.79 Å². The molecule has 1 aliphatic carbocycles. The summed E-state index contributed by atoms with van der Waals surface area (Å²) in [5, 5.41) is 30.8. The van der Waals surface area contributed by atoms with Crippen molar-refractivity contribution in [3.05, 3.63) is 45.7 Å². The molecule has 5 N–H and O–H groups in total. The van der Waals surface area contributed by atoms with Crippen LogP contribution in [-0.4, -0.2) is 39.5 Å². The third-order valence-corrected chi connectivity index (χ3v) is 6.26. The molecule has 0 aromatic heterocycles. The number of amides is 1. The lowest BCUT2D eigenvalue weighted by atomic mass is 9.89. The van der Waals surface area contributed by atoms with Gasteiger partial charge < -0.3 is 21.1 Å². The molecule has 0 aromatic carbocycles. The van der Waals surface area contributed by atoms with E-state index in [0.717, 1.165) is 19.3 Å². The molecule has 1 saturated carbocycles. The molecule has 0 radical (unpaired) electrons. The van der Waals surface area contributed by atoms with Crippen LogP contribution in [-0.2, 0) is 4.79 Å². The number of nitrogens with two attached hydrogens (primary N) is 1. The van der Waals surface area contributed by atoms with Gasteiger partial charge in [-0.2, -0.15) is 0 Å².